The molecular weight excluding hydrogens is 285 g/mol. The Hall–Kier alpha value is -1.22. The van der Waals surface area contributed by atoms with Crippen molar-refractivity contribution in [2.45, 2.75) is 18.3 Å². The second-order valence-electron chi connectivity index (χ2n) is 2.97. The number of hydrogen-bond acceptors (Lipinski definition) is 5. The molecule has 5 nitrogen and oxygen atoms in total. The Labute approximate surface area is 98.8 Å². The van der Waals surface area contributed by atoms with Crippen LogP contribution in [0.2, 0.25) is 0 Å². The van der Waals surface area contributed by atoms with Gasteiger partial charge in [-0.25, -0.2) is 8.42 Å². The van der Waals surface area contributed by atoms with E-state index in [-0.39, 0.29) is 11.3 Å². The Bertz CT molecular complexity index is 544. The summed E-state index contributed by atoms with van der Waals surface area (Å²) in [5.41, 5.74) is 5.06. The van der Waals surface area contributed by atoms with Crippen LogP contribution in [-0.4, -0.2) is 19.8 Å². The van der Waals surface area contributed by atoms with Gasteiger partial charge in [-0.1, -0.05) is 0 Å². The number of ether oxygens (including phenoxy) is 1. The molecule has 10 heteroatoms. The summed E-state index contributed by atoms with van der Waals surface area (Å²) in [4.78, 5) is 3.15. The van der Waals surface area contributed by atoms with Gasteiger partial charge in [0.2, 0.25) is 5.88 Å². The molecule has 0 aliphatic rings. The molecule has 17 heavy (non-hydrogen) atoms. The minimum absolute atomic E-state index is 0.0467. The van der Waals surface area contributed by atoms with Crippen molar-refractivity contribution in [2.24, 2.45) is 0 Å². The number of nitrogens with two attached hydrogens (primary N) is 1. The number of hydrogen-bond donors (Lipinski definition) is 1. The van der Waals surface area contributed by atoms with E-state index in [4.69, 9.17) is 16.4 Å². The van der Waals surface area contributed by atoms with E-state index in [1.807, 2.05) is 0 Å². The van der Waals surface area contributed by atoms with E-state index in [1.165, 1.54) is 6.92 Å². The standard InChI is InChI=1S/C7H6ClF3N2O3S/c1-3-4(12)2-5(16-7(9,10)11)13-6(3)17(8,14)15/h2H,1H3,(H2,12,13). The van der Waals surface area contributed by atoms with Crippen LogP contribution in [0.1, 0.15) is 5.56 Å². The van der Waals surface area contributed by atoms with Gasteiger partial charge in [-0.2, -0.15) is 4.98 Å². The lowest BCUT2D eigenvalue weighted by atomic mass is 10.3. The Balaban J connectivity index is 3.35. The van der Waals surface area contributed by atoms with E-state index in [1.54, 1.807) is 0 Å². The van der Waals surface area contributed by atoms with Crippen molar-refractivity contribution in [3.05, 3.63) is 11.6 Å². The topological polar surface area (TPSA) is 82.3 Å². The predicted molar refractivity (Wildman–Crippen MR) is 53.1 cm³/mol. The first-order valence-corrected chi connectivity index (χ1v) is 6.29. The Morgan fingerprint density at radius 2 is 2.00 bits per heavy atom. The first kappa shape index (κ1) is 13.8. The highest BCUT2D eigenvalue weighted by molar-refractivity contribution is 8.13. The molecule has 1 rings (SSSR count). The van der Waals surface area contributed by atoms with Crippen molar-refractivity contribution in [1.29, 1.82) is 0 Å². The molecule has 0 amide bonds. The first-order valence-electron chi connectivity index (χ1n) is 3.98. The van der Waals surface area contributed by atoms with Gasteiger partial charge in [-0.3, -0.25) is 0 Å². The molecule has 0 saturated heterocycles. The fraction of sp³-hybridized carbons (Fsp3) is 0.286. The van der Waals surface area contributed by atoms with Crippen molar-refractivity contribution in [2.75, 3.05) is 5.73 Å². The van der Waals surface area contributed by atoms with E-state index < -0.39 is 26.3 Å². The summed E-state index contributed by atoms with van der Waals surface area (Å²) >= 11 is 0. The fourth-order valence-corrected chi connectivity index (χ4v) is 2.12. The average molecular weight is 291 g/mol. The number of aromatic nitrogens is 1. The lowest BCUT2D eigenvalue weighted by molar-refractivity contribution is -0.276. The van der Waals surface area contributed by atoms with E-state index in [9.17, 15) is 21.6 Å². The number of alkyl halides is 3. The van der Waals surface area contributed by atoms with Gasteiger partial charge in [0.25, 0.3) is 9.05 Å². The molecule has 0 atom stereocenters. The van der Waals surface area contributed by atoms with Crippen LogP contribution in [0, 0.1) is 6.92 Å². The minimum Gasteiger partial charge on any atom is -0.398 e. The van der Waals surface area contributed by atoms with Crippen molar-refractivity contribution in [3.8, 4) is 5.88 Å². The zero-order valence-corrected chi connectivity index (χ0v) is 9.82. The van der Waals surface area contributed by atoms with E-state index in [2.05, 4.69) is 9.72 Å². The van der Waals surface area contributed by atoms with E-state index in [0.717, 1.165) is 6.07 Å². The van der Waals surface area contributed by atoms with Gasteiger partial charge in [0.1, 0.15) is 0 Å². The lowest BCUT2D eigenvalue weighted by Gasteiger charge is -2.11. The summed E-state index contributed by atoms with van der Waals surface area (Å²) in [7, 11) is 0.696. The van der Waals surface area contributed by atoms with Crippen LogP contribution in [0.25, 0.3) is 0 Å². The molecule has 96 valence electrons. The third-order valence-electron chi connectivity index (χ3n) is 1.70. The smallest absolute Gasteiger partial charge is 0.398 e. The molecule has 1 heterocycles. The zero-order chi connectivity index (χ0) is 13.4. The number of anilines is 1. The van der Waals surface area contributed by atoms with E-state index in [0.29, 0.717) is 0 Å². The highest BCUT2D eigenvalue weighted by Gasteiger charge is 2.33. The summed E-state index contributed by atoms with van der Waals surface area (Å²) in [6.45, 7) is 1.26. The van der Waals surface area contributed by atoms with Gasteiger partial charge in [0.05, 0.1) is 0 Å². The van der Waals surface area contributed by atoms with Crippen LogP contribution in [-0.2, 0) is 9.05 Å². The third kappa shape index (κ3) is 3.63. The average Bonchev–Trinajstić information content (AvgIpc) is 2.06. The number of nitrogen functional groups attached to an aromatic ring is 1. The highest BCUT2D eigenvalue weighted by Crippen LogP contribution is 2.29. The van der Waals surface area contributed by atoms with Crippen LogP contribution in [0.3, 0.4) is 0 Å². The Morgan fingerprint density at radius 3 is 2.41 bits per heavy atom. The van der Waals surface area contributed by atoms with Gasteiger partial charge in [0.15, 0.2) is 5.03 Å². The maximum atomic E-state index is 11.9. The SMILES string of the molecule is Cc1c(N)cc(OC(F)(F)F)nc1S(=O)(=O)Cl. The molecular formula is C7H6ClF3N2O3S. The Morgan fingerprint density at radius 1 is 1.47 bits per heavy atom. The highest BCUT2D eigenvalue weighted by atomic mass is 35.7. The van der Waals surface area contributed by atoms with E-state index >= 15 is 0 Å². The minimum atomic E-state index is -5.00. The van der Waals surface area contributed by atoms with Gasteiger partial charge in [-0.05, 0) is 6.92 Å². The summed E-state index contributed by atoms with van der Waals surface area (Å²) in [6.07, 6.45) is -5.00. The summed E-state index contributed by atoms with van der Waals surface area (Å²) < 4.78 is 61.3. The Kier molecular flexibility index (Phi) is 3.44. The van der Waals surface area contributed by atoms with Gasteiger partial charge < -0.3 is 10.5 Å². The largest absolute Gasteiger partial charge is 0.574 e. The van der Waals surface area contributed by atoms with Crippen LogP contribution in [0.5, 0.6) is 5.88 Å². The summed E-state index contributed by atoms with van der Waals surface area (Å²) in [5.74, 6) is -0.986. The second kappa shape index (κ2) is 4.22. The number of rotatable bonds is 2. The summed E-state index contributed by atoms with van der Waals surface area (Å²) in [6, 6.07) is 0.758. The van der Waals surface area contributed by atoms with Crippen molar-refractivity contribution < 1.29 is 26.3 Å². The van der Waals surface area contributed by atoms with Gasteiger partial charge in [0, 0.05) is 28.0 Å². The molecule has 0 saturated carbocycles. The van der Waals surface area contributed by atoms with Crippen molar-refractivity contribution in [1.82, 2.24) is 4.98 Å². The maximum Gasteiger partial charge on any atom is 0.574 e. The molecule has 0 aliphatic carbocycles. The predicted octanol–water partition coefficient (Wildman–Crippen LogP) is 1.80. The molecule has 0 aromatic carbocycles. The molecule has 1 aromatic rings. The van der Waals surface area contributed by atoms with Crippen molar-refractivity contribution in [3.63, 3.8) is 0 Å². The van der Waals surface area contributed by atoms with Crippen molar-refractivity contribution >= 4 is 25.4 Å². The number of nitrogens with zero attached hydrogens (tertiary/aromatic N) is 1. The lowest BCUT2D eigenvalue weighted by Crippen LogP contribution is -2.19. The molecule has 0 bridgehead atoms. The fourth-order valence-electron chi connectivity index (χ4n) is 0.989. The molecule has 1 aromatic heterocycles. The molecule has 0 radical (unpaired) electrons. The monoisotopic (exact) mass is 290 g/mol. The maximum absolute atomic E-state index is 11.9. The summed E-state index contributed by atoms with van der Waals surface area (Å²) in [5, 5.41) is -0.765. The molecule has 0 spiro atoms. The molecule has 0 aliphatic heterocycles. The molecule has 2 N–H and O–H groups in total. The quantitative estimate of drug-likeness (QED) is 0.840. The van der Waals surface area contributed by atoms with Crippen LogP contribution >= 0.6 is 10.7 Å². The van der Waals surface area contributed by atoms with Crippen LogP contribution < -0.4 is 10.5 Å². The van der Waals surface area contributed by atoms with Gasteiger partial charge >= 0.3 is 6.36 Å². The van der Waals surface area contributed by atoms with Crippen LogP contribution in [0.4, 0.5) is 18.9 Å². The number of halogens is 4. The normalized spacial score (nSPS) is 12.5. The first-order chi connectivity index (χ1) is 7.50. The van der Waals surface area contributed by atoms with Gasteiger partial charge in [-0.15, -0.1) is 13.2 Å². The zero-order valence-electron chi connectivity index (χ0n) is 8.25. The molecule has 0 fully saturated rings. The third-order valence-corrected chi connectivity index (χ3v) is 2.99. The number of pyridine rings is 1. The molecule has 0 unspecified atom stereocenters. The second-order valence-corrected chi connectivity index (χ2v) is 5.45. The van der Waals surface area contributed by atoms with Crippen LogP contribution in [0.15, 0.2) is 11.1 Å².